The Morgan fingerprint density at radius 3 is 0.889 bits per heavy atom. The molecule has 0 atom stereocenters. The third kappa shape index (κ3) is 9.95. The van der Waals surface area contributed by atoms with E-state index in [0.29, 0.717) is 0 Å². The molecule has 0 spiro atoms. The molecule has 0 radical (unpaired) electrons. The van der Waals surface area contributed by atoms with Crippen molar-refractivity contribution in [2.45, 2.75) is 0 Å². The Kier molecular flexibility index (Phi) is 4.34. The monoisotopic (exact) mass is 272 g/mol. The first kappa shape index (κ1) is 11.0. The zero-order valence-electron chi connectivity index (χ0n) is 7.71. The van der Waals surface area contributed by atoms with Crippen LogP contribution in [-0.2, 0) is 0 Å². The van der Waals surface area contributed by atoms with Crippen molar-refractivity contribution in [3.8, 4) is 0 Å². The predicted molar refractivity (Wildman–Crippen MR) is 79.7 cm³/mol. The fraction of sp³-hybridized carbons (Fsp3) is 0. The minimum Gasteiger partial charge on any atom is -0.0110 e. The molecule has 0 heterocycles. The molecule has 0 saturated heterocycles. The molecule has 0 unspecified atom stereocenters. The van der Waals surface area contributed by atoms with Crippen molar-refractivity contribution in [2.24, 2.45) is 0 Å². The van der Waals surface area contributed by atoms with Gasteiger partial charge in [0.1, 0.15) is 0 Å². The summed E-state index contributed by atoms with van der Waals surface area (Å²) in [6, 6.07) is 0. The zero-order valence-corrected chi connectivity index (χ0v) is 23.1. The second-order valence-electron chi connectivity index (χ2n) is 5.30. The maximum atomic E-state index is 1.73. The molecule has 0 fully saturated rings. The summed E-state index contributed by atoms with van der Waals surface area (Å²) in [5.74, 6) is 0. The highest BCUT2D eigenvalue weighted by molar-refractivity contribution is 7.99. The topological polar surface area (TPSA) is 0 Å². The zero-order chi connectivity index (χ0) is 7.71. The molecule has 0 aliphatic rings. The smallest absolute Gasteiger partial charge is 0.00624 e. The minimum absolute atomic E-state index is 0.0712. The second kappa shape index (κ2) is 3.57. The summed E-state index contributed by atoms with van der Waals surface area (Å²) in [5, 5.41) is 0. The van der Waals surface area contributed by atoms with Gasteiger partial charge in [0, 0.05) is 0 Å². The highest BCUT2D eigenvalue weighted by atomic mass is 30.3. The van der Waals surface area contributed by atoms with Crippen LogP contribution in [0.3, 0.4) is 0 Å². The first-order valence-electron chi connectivity index (χ1n) is 3.71. The number of hydrogen-bond donors (Lipinski definition) is 0. The van der Waals surface area contributed by atoms with Gasteiger partial charge in [-0.25, -0.2) is 0 Å². The van der Waals surface area contributed by atoms with E-state index >= 15 is 0 Å². The molecule has 0 amide bonds. The van der Waals surface area contributed by atoms with E-state index in [1.807, 2.05) is 0 Å². The third-order valence-corrected chi connectivity index (χ3v) is 85.9. The molecule has 0 nitrogen and oxygen atoms in total. The Labute approximate surface area is 79.0 Å². The van der Waals surface area contributed by atoms with Gasteiger partial charge in [0.2, 0.25) is 0 Å². The maximum absolute atomic E-state index is 1.73. The molecule has 0 aliphatic heterocycles. The van der Waals surface area contributed by atoms with Gasteiger partial charge in [-0.1, -0.05) is 0 Å². The van der Waals surface area contributed by atoms with Crippen LogP contribution in [-0.4, -0.2) is 79.4 Å². The largest absolute Gasteiger partial charge is 0.0110 e. The van der Waals surface area contributed by atoms with Crippen LogP contribution < -0.4 is 0 Å². The minimum atomic E-state index is -0.0712. The molecule has 0 bridgehead atoms. The molecular formula is H20Si9. The Hall–Kier alpha value is 1.95. The highest BCUT2D eigenvalue weighted by Crippen LogP contribution is 1.86. The fourth-order valence-corrected chi connectivity index (χ4v) is 387. The molecule has 0 N–H and O–H groups in total. The van der Waals surface area contributed by atoms with Crippen molar-refractivity contribution in [1.29, 1.82) is 0 Å². The summed E-state index contributed by atoms with van der Waals surface area (Å²) in [5.41, 5.74) is 0. The molecule has 0 aromatic carbocycles. The maximum Gasteiger partial charge on any atom is -0.00624 e. The van der Waals surface area contributed by atoms with E-state index in [9.17, 15) is 0 Å². The van der Waals surface area contributed by atoms with E-state index in [4.69, 9.17) is 0 Å². The van der Waals surface area contributed by atoms with Crippen LogP contribution in [0.25, 0.3) is 0 Å². The van der Waals surface area contributed by atoms with Gasteiger partial charge >= 0.3 is 0 Å². The molecular weight excluding hydrogens is 253 g/mol. The fourth-order valence-electron chi connectivity index (χ4n) is 1.59. The van der Waals surface area contributed by atoms with Crippen molar-refractivity contribution >= 4 is 79.4 Å². The summed E-state index contributed by atoms with van der Waals surface area (Å²) in [7, 11) is 11.1. The van der Waals surface area contributed by atoms with Crippen molar-refractivity contribution in [2.75, 3.05) is 0 Å². The molecule has 0 aromatic heterocycles. The second-order valence-corrected chi connectivity index (χ2v) is 143. The molecule has 9 heavy (non-hydrogen) atoms. The van der Waals surface area contributed by atoms with Crippen LogP contribution >= 0.6 is 0 Å². The summed E-state index contributed by atoms with van der Waals surface area (Å²) in [6.07, 6.45) is -0.142. The molecule has 0 aromatic rings. The van der Waals surface area contributed by atoms with E-state index in [0.717, 1.165) is 8.55 Å². The van der Waals surface area contributed by atoms with Crippen LogP contribution in [0.1, 0.15) is 0 Å². The first-order valence-corrected chi connectivity index (χ1v) is 33.4. The van der Waals surface area contributed by atoms with Gasteiger partial charge < -0.3 is 0 Å². The van der Waals surface area contributed by atoms with Crippen molar-refractivity contribution < 1.29 is 0 Å². The molecule has 56 valence electrons. The van der Waals surface area contributed by atoms with Crippen LogP contribution in [0.2, 0.25) is 0 Å². The molecule has 0 saturated carbocycles. The van der Waals surface area contributed by atoms with Crippen LogP contribution in [0, 0.1) is 0 Å². The van der Waals surface area contributed by atoms with Gasteiger partial charge in [0.15, 0.2) is 0 Å². The summed E-state index contributed by atoms with van der Waals surface area (Å²) >= 11 is 0. The van der Waals surface area contributed by atoms with Gasteiger partial charge in [-0.15, -0.1) is 0 Å². The van der Waals surface area contributed by atoms with Gasteiger partial charge in [-0.05, 0) is 79.4 Å². The van der Waals surface area contributed by atoms with Gasteiger partial charge in [0.25, 0.3) is 0 Å². The summed E-state index contributed by atoms with van der Waals surface area (Å²) in [4.78, 5) is 0. The number of rotatable bonds is 2. The SMILES string of the molecule is [SiH3][Si]([SiH3])([SiH3])[SiH2][Si]([SiH3])([SiH3])[SiH3]. The van der Waals surface area contributed by atoms with Gasteiger partial charge in [0.05, 0.1) is 0 Å². The van der Waals surface area contributed by atoms with Crippen molar-refractivity contribution in [3.05, 3.63) is 0 Å². The van der Waals surface area contributed by atoms with E-state index < -0.39 is 0 Å². The van der Waals surface area contributed by atoms with Gasteiger partial charge in [-0.2, -0.15) is 0 Å². The molecule has 0 rings (SSSR count). The predicted octanol–water partition coefficient (Wildman–Crippen LogP) is -8.78. The quantitative estimate of drug-likeness (QED) is 0.438. The van der Waals surface area contributed by atoms with E-state index in [1.54, 1.807) is 58.6 Å². The van der Waals surface area contributed by atoms with E-state index in [-0.39, 0.29) is 12.3 Å². The van der Waals surface area contributed by atoms with Crippen molar-refractivity contribution in [3.63, 3.8) is 0 Å². The number of hydrogen-bond acceptors (Lipinski definition) is 0. The van der Waals surface area contributed by atoms with E-state index in [1.165, 1.54) is 0 Å². The molecule has 0 aliphatic carbocycles. The Morgan fingerprint density at radius 2 is 0.889 bits per heavy atom. The molecule has 9 heteroatoms. The van der Waals surface area contributed by atoms with Gasteiger partial charge in [-0.3, -0.25) is 0 Å². The lowest BCUT2D eigenvalue weighted by atomic mass is 25.9. The Balaban J connectivity index is 3.75. The van der Waals surface area contributed by atoms with Crippen LogP contribution in [0.5, 0.6) is 0 Å². The van der Waals surface area contributed by atoms with Crippen molar-refractivity contribution in [1.82, 2.24) is 0 Å². The average Bonchev–Trinajstić information content (AvgIpc) is 1.14. The lowest BCUT2D eigenvalue weighted by Gasteiger charge is -2.24. The first-order chi connectivity index (χ1) is 3.71. The van der Waals surface area contributed by atoms with Crippen LogP contribution in [0.15, 0.2) is 0 Å². The lowest BCUT2D eigenvalue weighted by molar-refractivity contribution is 3.52. The third-order valence-electron chi connectivity index (χ3n) is 1.06. The average molecular weight is 273 g/mol. The highest BCUT2D eigenvalue weighted by Gasteiger charge is 2.23. The summed E-state index contributed by atoms with van der Waals surface area (Å²) < 4.78 is 0. The van der Waals surface area contributed by atoms with E-state index in [2.05, 4.69) is 0 Å². The standard InChI is InChI=1S/H20Si9/c1-8(2,3)7-9(4,5)6/h7H2,1-6H3. The summed E-state index contributed by atoms with van der Waals surface area (Å²) in [6.45, 7) is 0. The Morgan fingerprint density at radius 1 is 0.667 bits per heavy atom. The van der Waals surface area contributed by atoms with Crippen LogP contribution in [0.4, 0.5) is 0 Å². The lowest BCUT2D eigenvalue weighted by Crippen LogP contribution is -2.62. The Bertz CT molecular complexity index is 65.2. The normalized spacial score (nSPS) is 28.0.